The quantitative estimate of drug-likeness (QED) is 0.535. The number of amides is 1. The summed E-state index contributed by atoms with van der Waals surface area (Å²) in [5.74, 6) is -1.12. The largest absolute Gasteiger partial charge is 0.496 e. The number of halogens is 4. The highest BCUT2D eigenvalue weighted by atomic mass is 19.4. The smallest absolute Gasteiger partial charge is 0.410 e. The van der Waals surface area contributed by atoms with E-state index in [9.17, 15) is 27.6 Å². The Morgan fingerprint density at radius 2 is 2.12 bits per heavy atom. The van der Waals surface area contributed by atoms with Gasteiger partial charge in [0.25, 0.3) is 5.91 Å². The number of rotatable bonds is 5. The van der Waals surface area contributed by atoms with Crippen molar-refractivity contribution >= 4 is 11.7 Å². The Hall–Kier alpha value is -4.07. The number of nitrogens with zero attached hydrogens (tertiary/aromatic N) is 3. The van der Waals surface area contributed by atoms with E-state index in [1.54, 1.807) is 24.3 Å². The van der Waals surface area contributed by atoms with Crippen molar-refractivity contribution in [3.8, 4) is 23.1 Å². The van der Waals surface area contributed by atoms with Gasteiger partial charge in [0.05, 0.1) is 14.0 Å². The van der Waals surface area contributed by atoms with Crippen LogP contribution in [-0.2, 0) is 6.54 Å². The van der Waals surface area contributed by atoms with Crippen LogP contribution in [0.2, 0.25) is 0 Å². The molecule has 3 aromatic rings. The number of hydrogen-bond donors (Lipinski definition) is 2. The first kappa shape index (κ1) is 21.8. The van der Waals surface area contributed by atoms with Crippen molar-refractivity contribution in [3.63, 3.8) is 0 Å². The van der Waals surface area contributed by atoms with Crippen molar-refractivity contribution in [3.05, 3.63) is 65.0 Å². The first-order chi connectivity index (χ1) is 16.7. The number of carbonyl (C=O) groups is 1. The zero-order chi connectivity index (χ0) is 25.2. The summed E-state index contributed by atoms with van der Waals surface area (Å²) < 4.78 is 66.9. The number of ether oxygens (including phenoxy) is 1. The summed E-state index contributed by atoms with van der Waals surface area (Å²) in [6.45, 7) is 0.140. The lowest BCUT2D eigenvalue weighted by Crippen LogP contribution is -2.34. The minimum atomic E-state index is -4.50. The van der Waals surface area contributed by atoms with Gasteiger partial charge in [-0.1, -0.05) is 24.3 Å². The van der Waals surface area contributed by atoms with E-state index in [4.69, 9.17) is 6.11 Å². The zero-order valence-electron chi connectivity index (χ0n) is 18.6. The van der Waals surface area contributed by atoms with Gasteiger partial charge < -0.3 is 15.4 Å². The van der Waals surface area contributed by atoms with Gasteiger partial charge in [0.15, 0.2) is 6.04 Å². The van der Waals surface area contributed by atoms with E-state index in [2.05, 4.69) is 15.7 Å². The topological polar surface area (TPSA) is 92.0 Å². The second-order valence-electron chi connectivity index (χ2n) is 7.57. The number of nitriles is 1. The number of alkyl halides is 3. The molecule has 34 heavy (non-hydrogen) atoms. The fraction of sp³-hybridized carbons (Fsp3) is 0.261. The van der Waals surface area contributed by atoms with Gasteiger partial charge in [-0.2, -0.15) is 23.5 Å². The molecule has 2 heterocycles. The fourth-order valence-electron chi connectivity index (χ4n) is 3.75. The Bertz CT molecular complexity index is 1280. The second kappa shape index (κ2) is 9.05. The van der Waals surface area contributed by atoms with Crippen molar-refractivity contribution in [2.45, 2.75) is 25.2 Å². The lowest BCUT2D eigenvalue weighted by atomic mass is 10.1. The number of anilines is 1. The van der Waals surface area contributed by atoms with Crippen LogP contribution in [0.1, 0.15) is 35.3 Å². The molecule has 2 aromatic carbocycles. The Balaban J connectivity index is 1.53. The van der Waals surface area contributed by atoms with E-state index < -0.39 is 31.0 Å². The van der Waals surface area contributed by atoms with E-state index in [1.807, 2.05) is 6.07 Å². The number of hydrogen-bond acceptors (Lipinski definition) is 5. The Labute approximate surface area is 193 Å². The zero-order valence-corrected chi connectivity index (χ0v) is 17.6. The van der Waals surface area contributed by atoms with Crippen LogP contribution in [0.15, 0.2) is 42.5 Å². The van der Waals surface area contributed by atoms with E-state index in [1.165, 1.54) is 6.07 Å². The molecule has 1 aliphatic rings. The molecular weight excluding hydrogens is 454 g/mol. The molecule has 0 saturated carbocycles. The molecule has 1 aromatic heterocycles. The van der Waals surface area contributed by atoms with Crippen LogP contribution in [0.5, 0.6) is 5.75 Å². The molecule has 1 amide bonds. The number of benzene rings is 2. The number of aromatic nitrogens is 2. The maximum atomic E-state index is 13.6. The van der Waals surface area contributed by atoms with Gasteiger partial charge in [0.1, 0.15) is 34.7 Å². The highest BCUT2D eigenvalue weighted by molar-refractivity contribution is 5.96. The Kier molecular flexibility index (Phi) is 5.79. The molecule has 2 N–H and O–H groups in total. The SMILES string of the molecule is [2H]COc1ccc(F)cc1C(=O)NCc1ccc(-c2nn3c(c2C#N)NCCC3C(F)(F)F)cc1. The highest BCUT2D eigenvalue weighted by Crippen LogP contribution is 2.40. The molecule has 4 rings (SSSR count). The summed E-state index contributed by atoms with van der Waals surface area (Å²) in [5.41, 5.74) is 1.18. The highest BCUT2D eigenvalue weighted by Gasteiger charge is 2.45. The normalized spacial score (nSPS) is 15.5. The van der Waals surface area contributed by atoms with E-state index in [0.29, 0.717) is 11.1 Å². The average Bonchev–Trinajstić information content (AvgIpc) is 3.22. The van der Waals surface area contributed by atoms with Crippen molar-refractivity contribution in [1.29, 1.82) is 5.26 Å². The molecule has 1 aliphatic heterocycles. The molecule has 1 unspecified atom stereocenters. The van der Waals surface area contributed by atoms with Gasteiger partial charge in [-0.25, -0.2) is 9.07 Å². The molecule has 176 valence electrons. The molecule has 0 radical (unpaired) electrons. The molecule has 7 nitrogen and oxygen atoms in total. The van der Waals surface area contributed by atoms with E-state index >= 15 is 0 Å². The third-order valence-electron chi connectivity index (χ3n) is 5.43. The van der Waals surface area contributed by atoms with Crippen LogP contribution >= 0.6 is 0 Å². The maximum absolute atomic E-state index is 13.6. The van der Waals surface area contributed by atoms with Gasteiger partial charge in [-0.15, -0.1) is 0 Å². The monoisotopic (exact) mass is 474 g/mol. The van der Waals surface area contributed by atoms with Crippen molar-refractivity contribution in [2.24, 2.45) is 0 Å². The summed E-state index contributed by atoms with van der Waals surface area (Å²) in [6, 6.07) is 9.98. The molecule has 0 spiro atoms. The summed E-state index contributed by atoms with van der Waals surface area (Å²) >= 11 is 0. The van der Waals surface area contributed by atoms with Crippen LogP contribution in [0.25, 0.3) is 11.3 Å². The molecule has 0 saturated heterocycles. The minimum absolute atomic E-state index is 0.0213. The van der Waals surface area contributed by atoms with Gasteiger partial charge in [0.2, 0.25) is 0 Å². The lowest BCUT2D eigenvalue weighted by molar-refractivity contribution is -0.171. The molecule has 0 bridgehead atoms. The third-order valence-corrected chi connectivity index (χ3v) is 5.43. The molecule has 11 heteroatoms. The summed E-state index contributed by atoms with van der Waals surface area (Å²) in [7, 11) is -0.436. The van der Waals surface area contributed by atoms with Gasteiger partial charge in [0, 0.05) is 18.7 Å². The number of carbonyl (C=O) groups excluding carboxylic acids is 1. The second-order valence-corrected chi connectivity index (χ2v) is 7.57. The first-order valence-corrected chi connectivity index (χ1v) is 10.1. The number of fused-ring (bicyclic) bond motifs is 1. The standard InChI is InChI=1S/C23H19F4N5O2/c1-34-18-7-6-15(24)10-16(18)22(33)30-12-13-2-4-14(5-3-13)20-17(11-28)21-29-9-8-19(23(25,26)27)32(21)31-20/h2-7,10,19,29H,8-9,12H2,1H3,(H,30,33)/i1D. The minimum Gasteiger partial charge on any atom is -0.496 e. The van der Waals surface area contributed by atoms with Crippen LogP contribution in [0.4, 0.5) is 23.4 Å². The number of nitrogens with one attached hydrogen (secondary N) is 2. The van der Waals surface area contributed by atoms with E-state index in [0.717, 1.165) is 16.8 Å². The Morgan fingerprint density at radius 1 is 1.35 bits per heavy atom. The summed E-state index contributed by atoms with van der Waals surface area (Å²) in [4.78, 5) is 12.5. The van der Waals surface area contributed by atoms with Crippen molar-refractivity contribution in [2.75, 3.05) is 18.9 Å². The average molecular weight is 474 g/mol. The van der Waals surface area contributed by atoms with E-state index in [-0.39, 0.29) is 47.9 Å². The van der Waals surface area contributed by atoms with Crippen LogP contribution in [-0.4, -0.2) is 35.5 Å². The van der Waals surface area contributed by atoms with Crippen molar-refractivity contribution < 1.29 is 28.5 Å². The molecule has 1 atom stereocenters. The van der Waals surface area contributed by atoms with Crippen molar-refractivity contribution in [1.82, 2.24) is 15.1 Å². The van der Waals surface area contributed by atoms with Crippen LogP contribution < -0.4 is 15.4 Å². The summed E-state index contributed by atoms with van der Waals surface area (Å²) in [5, 5.41) is 19.1. The Morgan fingerprint density at radius 3 is 2.79 bits per heavy atom. The van der Waals surface area contributed by atoms with Gasteiger partial charge >= 0.3 is 6.18 Å². The predicted octanol–water partition coefficient (Wildman–Crippen LogP) is 4.42. The van der Waals surface area contributed by atoms with Crippen LogP contribution in [0.3, 0.4) is 0 Å². The maximum Gasteiger partial charge on any atom is 0.410 e. The number of methoxy groups -OCH3 is 1. The van der Waals surface area contributed by atoms with Crippen LogP contribution in [0, 0.1) is 17.1 Å². The third kappa shape index (κ3) is 4.39. The molecule has 0 aliphatic carbocycles. The van der Waals surface area contributed by atoms with Gasteiger partial charge in [-0.05, 0) is 30.2 Å². The van der Waals surface area contributed by atoms with Gasteiger partial charge in [-0.3, -0.25) is 4.79 Å². The lowest BCUT2D eigenvalue weighted by Gasteiger charge is -2.27. The fourth-order valence-corrected chi connectivity index (χ4v) is 3.75. The predicted molar refractivity (Wildman–Crippen MR) is 115 cm³/mol. The summed E-state index contributed by atoms with van der Waals surface area (Å²) in [6.07, 6.45) is -4.69. The first-order valence-electron chi connectivity index (χ1n) is 10.9. The molecule has 0 fully saturated rings. The molecular formula is C23H19F4N5O2.